The van der Waals surface area contributed by atoms with Crippen molar-refractivity contribution >= 4 is 0 Å². The van der Waals surface area contributed by atoms with E-state index in [1.54, 1.807) is 6.07 Å². The molecule has 0 saturated carbocycles. The van der Waals surface area contributed by atoms with Crippen molar-refractivity contribution < 1.29 is 16.8 Å². The minimum Gasteiger partial charge on any atom is -1.00 e. The molecule has 1 nitrogen and oxygen atoms in total. The van der Waals surface area contributed by atoms with E-state index in [1.165, 1.54) is 12.1 Å². The normalized spacial score (nSPS) is 8.91. The standard InChI is InChI=1S/C8H10FN.ClH/c9-8-3-1-2-7(6-8)4-5-10;/h1-3,6H,4-5,10H2;1H/p-1. The summed E-state index contributed by atoms with van der Waals surface area (Å²) in [6, 6.07) is 6.50. The highest BCUT2D eigenvalue weighted by Gasteiger charge is 1.91. The third-order valence-corrected chi connectivity index (χ3v) is 1.32. The summed E-state index contributed by atoms with van der Waals surface area (Å²) in [4.78, 5) is 0. The Kier molecular flexibility index (Phi) is 4.83. The van der Waals surface area contributed by atoms with Gasteiger partial charge in [0.05, 0.1) is 0 Å². The molecule has 0 saturated heterocycles. The summed E-state index contributed by atoms with van der Waals surface area (Å²) < 4.78 is 12.4. The van der Waals surface area contributed by atoms with Gasteiger partial charge in [-0.15, -0.1) is 0 Å². The van der Waals surface area contributed by atoms with Crippen LogP contribution in [0.4, 0.5) is 4.39 Å². The molecule has 3 heteroatoms. The van der Waals surface area contributed by atoms with Crippen molar-refractivity contribution in [2.45, 2.75) is 6.42 Å². The van der Waals surface area contributed by atoms with Crippen LogP contribution in [0.25, 0.3) is 0 Å². The first-order chi connectivity index (χ1) is 4.83. The molecular formula is C8H10ClFN-. The Hall–Kier alpha value is -0.600. The predicted octanol–water partition coefficient (Wildman–Crippen LogP) is -1.67. The molecule has 0 aromatic heterocycles. The number of rotatable bonds is 2. The summed E-state index contributed by atoms with van der Waals surface area (Å²) in [6.07, 6.45) is 0.748. The maximum atomic E-state index is 12.4. The molecule has 0 aliphatic carbocycles. The first kappa shape index (κ1) is 10.4. The Bertz CT molecular complexity index is 215. The fourth-order valence-electron chi connectivity index (χ4n) is 0.859. The lowest BCUT2D eigenvalue weighted by Gasteiger charge is -1.96. The SMILES string of the molecule is NCCc1cccc(F)c1.[Cl-]. The molecular weight excluding hydrogens is 165 g/mol. The molecule has 0 aliphatic heterocycles. The summed E-state index contributed by atoms with van der Waals surface area (Å²) in [6.45, 7) is 0.573. The number of nitrogens with two attached hydrogens (primary N) is 1. The highest BCUT2D eigenvalue weighted by Crippen LogP contribution is 2.02. The van der Waals surface area contributed by atoms with Crippen molar-refractivity contribution in [1.82, 2.24) is 0 Å². The van der Waals surface area contributed by atoms with Crippen molar-refractivity contribution in [2.75, 3.05) is 6.54 Å². The lowest BCUT2D eigenvalue weighted by molar-refractivity contribution is -0.00000281. The molecule has 0 unspecified atom stereocenters. The average molecular weight is 175 g/mol. The molecule has 0 aliphatic rings. The molecule has 0 spiro atoms. The van der Waals surface area contributed by atoms with E-state index in [9.17, 15) is 4.39 Å². The van der Waals surface area contributed by atoms with Gasteiger partial charge in [0.15, 0.2) is 0 Å². The van der Waals surface area contributed by atoms with E-state index in [2.05, 4.69) is 0 Å². The number of hydrogen-bond acceptors (Lipinski definition) is 1. The van der Waals surface area contributed by atoms with Crippen molar-refractivity contribution in [2.24, 2.45) is 5.73 Å². The largest absolute Gasteiger partial charge is 1.00 e. The van der Waals surface area contributed by atoms with Crippen LogP contribution in [0.5, 0.6) is 0 Å². The molecule has 2 N–H and O–H groups in total. The van der Waals surface area contributed by atoms with Gasteiger partial charge in [-0.3, -0.25) is 0 Å². The van der Waals surface area contributed by atoms with Gasteiger partial charge in [0.1, 0.15) is 5.82 Å². The highest BCUT2D eigenvalue weighted by molar-refractivity contribution is 5.16. The fourth-order valence-corrected chi connectivity index (χ4v) is 0.859. The third kappa shape index (κ3) is 3.35. The second-order valence-corrected chi connectivity index (χ2v) is 2.17. The van der Waals surface area contributed by atoms with Crippen LogP contribution in [-0.4, -0.2) is 6.54 Å². The van der Waals surface area contributed by atoms with Crippen LogP contribution in [0.15, 0.2) is 24.3 Å². The first-order valence-corrected chi connectivity index (χ1v) is 3.27. The Morgan fingerprint density at radius 1 is 1.36 bits per heavy atom. The van der Waals surface area contributed by atoms with Crippen LogP contribution < -0.4 is 18.1 Å². The van der Waals surface area contributed by atoms with Gasteiger partial charge < -0.3 is 18.1 Å². The minimum atomic E-state index is -0.189. The van der Waals surface area contributed by atoms with Crippen LogP contribution >= 0.6 is 0 Å². The van der Waals surface area contributed by atoms with E-state index in [4.69, 9.17) is 5.73 Å². The zero-order valence-corrected chi connectivity index (χ0v) is 6.81. The van der Waals surface area contributed by atoms with Crippen molar-refractivity contribution in [3.05, 3.63) is 35.6 Å². The lowest BCUT2D eigenvalue weighted by Crippen LogP contribution is -3.00. The third-order valence-electron chi connectivity index (χ3n) is 1.32. The summed E-state index contributed by atoms with van der Waals surface area (Å²) >= 11 is 0. The molecule has 0 amide bonds. The van der Waals surface area contributed by atoms with Crippen molar-refractivity contribution in [3.63, 3.8) is 0 Å². The molecule has 0 bridgehead atoms. The van der Waals surface area contributed by atoms with E-state index in [1.807, 2.05) is 6.07 Å². The second-order valence-electron chi connectivity index (χ2n) is 2.17. The summed E-state index contributed by atoms with van der Waals surface area (Å²) in [5.41, 5.74) is 6.25. The van der Waals surface area contributed by atoms with Crippen LogP contribution in [-0.2, 0) is 6.42 Å². The van der Waals surface area contributed by atoms with Gasteiger partial charge in [-0.2, -0.15) is 0 Å². The molecule has 0 atom stereocenters. The topological polar surface area (TPSA) is 26.0 Å². The summed E-state index contributed by atoms with van der Waals surface area (Å²) in [5, 5.41) is 0. The highest BCUT2D eigenvalue weighted by atomic mass is 35.5. The Morgan fingerprint density at radius 2 is 2.09 bits per heavy atom. The molecule has 0 fully saturated rings. The average Bonchev–Trinajstić information content (AvgIpc) is 1.88. The Balaban J connectivity index is 0.000001000. The number of halogens is 2. The van der Waals surface area contributed by atoms with Crippen LogP contribution in [0.2, 0.25) is 0 Å². The minimum absolute atomic E-state index is 0. The molecule has 0 radical (unpaired) electrons. The van der Waals surface area contributed by atoms with E-state index in [-0.39, 0.29) is 18.2 Å². The quantitative estimate of drug-likeness (QED) is 0.570. The zero-order chi connectivity index (χ0) is 7.40. The molecule has 62 valence electrons. The lowest BCUT2D eigenvalue weighted by atomic mass is 10.1. The van der Waals surface area contributed by atoms with Crippen molar-refractivity contribution in [1.29, 1.82) is 0 Å². The van der Waals surface area contributed by atoms with Crippen LogP contribution in [0, 0.1) is 5.82 Å². The van der Waals surface area contributed by atoms with Gasteiger partial charge in [-0.1, -0.05) is 12.1 Å². The Labute approximate surface area is 71.8 Å². The predicted molar refractivity (Wildman–Crippen MR) is 39.2 cm³/mol. The van der Waals surface area contributed by atoms with Gasteiger partial charge in [0.2, 0.25) is 0 Å². The van der Waals surface area contributed by atoms with Gasteiger partial charge in [0.25, 0.3) is 0 Å². The van der Waals surface area contributed by atoms with E-state index in [0.29, 0.717) is 6.54 Å². The maximum absolute atomic E-state index is 12.4. The monoisotopic (exact) mass is 174 g/mol. The molecule has 0 heterocycles. The molecule has 11 heavy (non-hydrogen) atoms. The van der Waals surface area contributed by atoms with E-state index < -0.39 is 0 Å². The van der Waals surface area contributed by atoms with Gasteiger partial charge >= 0.3 is 0 Å². The maximum Gasteiger partial charge on any atom is 0.123 e. The second kappa shape index (κ2) is 5.10. The van der Waals surface area contributed by atoms with Crippen LogP contribution in [0.1, 0.15) is 5.56 Å². The van der Waals surface area contributed by atoms with Gasteiger partial charge in [-0.05, 0) is 30.7 Å². The van der Waals surface area contributed by atoms with Gasteiger partial charge in [0, 0.05) is 0 Å². The van der Waals surface area contributed by atoms with E-state index in [0.717, 1.165) is 12.0 Å². The first-order valence-electron chi connectivity index (χ1n) is 3.27. The molecule has 1 rings (SSSR count). The van der Waals surface area contributed by atoms with E-state index >= 15 is 0 Å². The number of hydrogen-bond donors (Lipinski definition) is 1. The molecule has 1 aromatic carbocycles. The van der Waals surface area contributed by atoms with Crippen LogP contribution in [0.3, 0.4) is 0 Å². The molecule has 1 aromatic rings. The smallest absolute Gasteiger partial charge is 0.123 e. The van der Waals surface area contributed by atoms with Gasteiger partial charge in [-0.25, -0.2) is 4.39 Å². The van der Waals surface area contributed by atoms with Crippen molar-refractivity contribution in [3.8, 4) is 0 Å². The summed E-state index contributed by atoms with van der Waals surface area (Å²) in [5.74, 6) is -0.189. The Morgan fingerprint density at radius 3 is 2.64 bits per heavy atom. The summed E-state index contributed by atoms with van der Waals surface area (Å²) in [7, 11) is 0. The zero-order valence-electron chi connectivity index (χ0n) is 6.06. The number of benzene rings is 1. The fraction of sp³-hybridized carbons (Fsp3) is 0.250.